The molecule has 3 aromatic rings. The maximum atomic E-state index is 3.95. The molecular weight excluding hydrogens is 290 g/mol. The van der Waals surface area contributed by atoms with Crippen LogP contribution >= 0.6 is 0 Å². The highest BCUT2D eigenvalue weighted by Crippen LogP contribution is 2.44. The monoisotopic (exact) mass is 313 g/mol. The van der Waals surface area contributed by atoms with E-state index in [1.807, 2.05) is 0 Å². The normalized spacial score (nSPS) is 14.2. The molecule has 0 unspecified atom stereocenters. The zero-order valence-electron chi connectivity index (χ0n) is 14.1. The lowest BCUT2D eigenvalue weighted by atomic mass is 9.98. The largest absolute Gasteiger partial charge is 0.299 e. The molecule has 3 aromatic carbocycles. The average Bonchev–Trinajstić information content (AvgIpc) is 2.96. The van der Waals surface area contributed by atoms with E-state index in [1.165, 1.54) is 34.2 Å². The van der Waals surface area contributed by atoms with Gasteiger partial charge in [-0.3, -0.25) is 5.32 Å². The van der Waals surface area contributed by atoms with Gasteiger partial charge < -0.3 is 0 Å². The summed E-state index contributed by atoms with van der Waals surface area (Å²) in [4.78, 5) is 0. The lowest BCUT2D eigenvalue weighted by Gasteiger charge is -2.25. The minimum Gasteiger partial charge on any atom is -0.299 e. The van der Waals surface area contributed by atoms with Crippen LogP contribution in [0.3, 0.4) is 0 Å². The summed E-state index contributed by atoms with van der Waals surface area (Å²) < 4.78 is 0. The van der Waals surface area contributed by atoms with Crippen LogP contribution in [0.2, 0.25) is 0 Å². The van der Waals surface area contributed by atoms with E-state index in [0.717, 1.165) is 6.42 Å². The molecule has 4 rings (SSSR count). The average molecular weight is 313 g/mol. The van der Waals surface area contributed by atoms with Crippen molar-refractivity contribution in [3.05, 3.63) is 95.6 Å². The maximum Gasteiger partial charge on any atom is 0.0593 e. The molecule has 120 valence electrons. The molecule has 1 aliphatic carbocycles. The Hall–Kier alpha value is -2.38. The highest BCUT2D eigenvalue weighted by molar-refractivity contribution is 5.78. The van der Waals surface area contributed by atoms with Crippen LogP contribution in [0.25, 0.3) is 11.1 Å². The molecule has 0 spiro atoms. The Bertz CT molecular complexity index is 777. The van der Waals surface area contributed by atoms with Crippen LogP contribution in [-0.2, 0) is 0 Å². The third-order valence-electron chi connectivity index (χ3n) is 4.98. The number of hydrogen-bond donors (Lipinski definition) is 1. The minimum absolute atomic E-state index is 0.272. The Morgan fingerprint density at radius 3 is 1.88 bits per heavy atom. The van der Waals surface area contributed by atoms with Crippen LogP contribution in [0.5, 0.6) is 0 Å². The van der Waals surface area contributed by atoms with Crippen molar-refractivity contribution < 1.29 is 0 Å². The van der Waals surface area contributed by atoms with E-state index in [-0.39, 0.29) is 6.04 Å². The van der Waals surface area contributed by atoms with Crippen LogP contribution in [0, 0.1) is 0 Å². The van der Waals surface area contributed by atoms with Crippen molar-refractivity contribution in [3.8, 4) is 11.1 Å². The molecule has 1 atom stereocenters. The first-order valence-electron chi connectivity index (χ1n) is 8.87. The Labute approximate surface area is 144 Å². The lowest BCUT2D eigenvalue weighted by molar-refractivity contribution is 0.459. The number of hydrogen-bond acceptors (Lipinski definition) is 1. The van der Waals surface area contributed by atoms with Crippen LogP contribution in [0.1, 0.15) is 48.5 Å². The predicted molar refractivity (Wildman–Crippen MR) is 101 cm³/mol. The molecular formula is C23H23N. The molecule has 1 heteroatoms. The van der Waals surface area contributed by atoms with E-state index in [2.05, 4.69) is 91.1 Å². The SMILES string of the molecule is CCC[C@H](NC1c2ccccc2-c2ccccc21)c1ccccc1. The minimum atomic E-state index is 0.272. The van der Waals surface area contributed by atoms with Gasteiger partial charge in [0.25, 0.3) is 0 Å². The van der Waals surface area contributed by atoms with Crippen LogP contribution in [0.15, 0.2) is 78.9 Å². The quantitative estimate of drug-likeness (QED) is 0.619. The molecule has 0 heterocycles. The predicted octanol–water partition coefficient (Wildman–Crippen LogP) is 5.89. The summed E-state index contributed by atoms with van der Waals surface area (Å²) in [6.45, 7) is 2.26. The zero-order chi connectivity index (χ0) is 16.4. The molecule has 0 radical (unpaired) electrons. The summed E-state index contributed by atoms with van der Waals surface area (Å²) in [5, 5.41) is 3.95. The maximum absolute atomic E-state index is 3.95. The standard InChI is InChI=1S/C23H23N/c1-2-10-22(17-11-4-3-5-12-17)24-23-20-15-8-6-13-18(20)19-14-7-9-16-21(19)23/h3-9,11-16,22-24H,2,10H2,1H3/t22-/m0/s1. The summed E-state index contributed by atoms with van der Waals surface area (Å²) in [7, 11) is 0. The Balaban J connectivity index is 1.73. The van der Waals surface area contributed by atoms with Crippen LogP contribution in [-0.4, -0.2) is 0 Å². The molecule has 0 amide bonds. The van der Waals surface area contributed by atoms with Gasteiger partial charge in [-0.2, -0.15) is 0 Å². The van der Waals surface area contributed by atoms with Gasteiger partial charge in [-0.15, -0.1) is 0 Å². The van der Waals surface area contributed by atoms with Crippen molar-refractivity contribution >= 4 is 0 Å². The van der Waals surface area contributed by atoms with Crippen LogP contribution < -0.4 is 5.32 Å². The molecule has 0 fully saturated rings. The van der Waals surface area contributed by atoms with Crippen molar-refractivity contribution in [1.82, 2.24) is 5.32 Å². The lowest BCUT2D eigenvalue weighted by Crippen LogP contribution is -2.26. The first-order valence-corrected chi connectivity index (χ1v) is 8.87. The fraction of sp³-hybridized carbons (Fsp3) is 0.217. The summed E-state index contributed by atoms with van der Waals surface area (Å²) in [6, 6.07) is 29.1. The fourth-order valence-corrected chi connectivity index (χ4v) is 3.86. The Kier molecular flexibility index (Phi) is 4.18. The van der Waals surface area contributed by atoms with Crippen molar-refractivity contribution in [2.75, 3.05) is 0 Å². The summed E-state index contributed by atoms with van der Waals surface area (Å²) >= 11 is 0. The molecule has 1 nitrogen and oxygen atoms in total. The van der Waals surface area contributed by atoms with Gasteiger partial charge in [0.2, 0.25) is 0 Å². The van der Waals surface area contributed by atoms with Gasteiger partial charge in [0, 0.05) is 6.04 Å². The van der Waals surface area contributed by atoms with Gasteiger partial charge in [0.15, 0.2) is 0 Å². The summed E-state index contributed by atoms with van der Waals surface area (Å²) in [5.74, 6) is 0. The van der Waals surface area contributed by atoms with Gasteiger partial charge in [-0.1, -0.05) is 92.2 Å². The van der Waals surface area contributed by atoms with Crippen molar-refractivity contribution in [2.45, 2.75) is 31.8 Å². The van der Waals surface area contributed by atoms with E-state index in [0.29, 0.717) is 6.04 Å². The zero-order valence-corrected chi connectivity index (χ0v) is 14.1. The van der Waals surface area contributed by atoms with Crippen molar-refractivity contribution in [1.29, 1.82) is 0 Å². The van der Waals surface area contributed by atoms with Gasteiger partial charge in [-0.05, 0) is 34.2 Å². The van der Waals surface area contributed by atoms with Gasteiger partial charge in [0.05, 0.1) is 6.04 Å². The Morgan fingerprint density at radius 1 is 0.750 bits per heavy atom. The first kappa shape index (κ1) is 15.2. The van der Waals surface area contributed by atoms with E-state index in [4.69, 9.17) is 0 Å². The number of nitrogens with one attached hydrogen (secondary N) is 1. The molecule has 0 aliphatic heterocycles. The molecule has 1 aliphatic rings. The molecule has 24 heavy (non-hydrogen) atoms. The van der Waals surface area contributed by atoms with E-state index < -0.39 is 0 Å². The number of benzene rings is 3. The van der Waals surface area contributed by atoms with Crippen LogP contribution in [0.4, 0.5) is 0 Å². The molecule has 1 N–H and O–H groups in total. The second-order valence-electron chi connectivity index (χ2n) is 6.53. The van der Waals surface area contributed by atoms with Gasteiger partial charge >= 0.3 is 0 Å². The topological polar surface area (TPSA) is 12.0 Å². The molecule has 0 aromatic heterocycles. The molecule has 0 saturated carbocycles. The smallest absolute Gasteiger partial charge is 0.0593 e. The summed E-state index contributed by atoms with van der Waals surface area (Å²) in [6.07, 6.45) is 2.31. The fourth-order valence-electron chi connectivity index (χ4n) is 3.86. The van der Waals surface area contributed by atoms with Gasteiger partial charge in [-0.25, -0.2) is 0 Å². The number of rotatable bonds is 5. The second kappa shape index (κ2) is 6.62. The molecule has 0 saturated heterocycles. The highest BCUT2D eigenvalue weighted by atomic mass is 15.0. The number of fused-ring (bicyclic) bond motifs is 3. The van der Waals surface area contributed by atoms with E-state index >= 15 is 0 Å². The third kappa shape index (κ3) is 2.65. The third-order valence-corrected chi connectivity index (χ3v) is 4.98. The summed E-state index contributed by atoms with van der Waals surface area (Å²) in [5.41, 5.74) is 6.91. The van der Waals surface area contributed by atoms with Gasteiger partial charge in [0.1, 0.15) is 0 Å². The van der Waals surface area contributed by atoms with Crippen molar-refractivity contribution in [2.24, 2.45) is 0 Å². The van der Waals surface area contributed by atoms with Crippen molar-refractivity contribution in [3.63, 3.8) is 0 Å². The first-order chi connectivity index (χ1) is 11.9. The molecule has 0 bridgehead atoms. The van der Waals surface area contributed by atoms with E-state index in [1.54, 1.807) is 0 Å². The highest BCUT2D eigenvalue weighted by Gasteiger charge is 2.29. The van der Waals surface area contributed by atoms with E-state index in [9.17, 15) is 0 Å². The Morgan fingerprint density at radius 2 is 1.29 bits per heavy atom. The second-order valence-corrected chi connectivity index (χ2v) is 6.53.